The van der Waals surface area contributed by atoms with Crippen molar-refractivity contribution in [3.05, 3.63) is 23.3 Å². The summed E-state index contributed by atoms with van der Waals surface area (Å²) in [5.74, 6) is 2.63. The molecule has 0 amide bonds. The summed E-state index contributed by atoms with van der Waals surface area (Å²) in [6.07, 6.45) is 10.9. The molecule has 3 nitrogen and oxygen atoms in total. The van der Waals surface area contributed by atoms with Gasteiger partial charge in [0.15, 0.2) is 0 Å². The molecule has 2 aliphatic carbocycles. The Kier molecular flexibility index (Phi) is 3.83. The third-order valence-corrected chi connectivity index (χ3v) is 5.03. The van der Waals surface area contributed by atoms with Gasteiger partial charge >= 0.3 is 0 Å². The van der Waals surface area contributed by atoms with E-state index in [2.05, 4.69) is 23.4 Å². The third-order valence-electron chi connectivity index (χ3n) is 5.03. The Labute approximate surface area is 116 Å². The van der Waals surface area contributed by atoms with Crippen LogP contribution in [0.5, 0.6) is 0 Å². The fraction of sp³-hybridized carbons (Fsp3) is 0.750. The second-order valence-corrected chi connectivity index (χ2v) is 6.15. The van der Waals surface area contributed by atoms with E-state index in [4.69, 9.17) is 4.98 Å². The van der Waals surface area contributed by atoms with E-state index in [1.54, 1.807) is 0 Å². The van der Waals surface area contributed by atoms with E-state index in [-0.39, 0.29) is 0 Å². The third kappa shape index (κ3) is 2.53. The van der Waals surface area contributed by atoms with Crippen LogP contribution in [-0.2, 0) is 6.42 Å². The van der Waals surface area contributed by atoms with Crippen LogP contribution in [0.1, 0.15) is 74.5 Å². The first kappa shape index (κ1) is 13.0. The molecule has 1 saturated carbocycles. The highest BCUT2D eigenvalue weighted by Gasteiger charge is 2.28. The number of hydrogen-bond donors (Lipinski definition) is 1. The van der Waals surface area contributed by atoms with E-state index in [0.29, 0.717) is 12.0 Å². The van der Waals surface area contributed by atoms with E-state index < -0.39 is 0 Å². The first-order valence-electron chi connectivity index (χ1n) is 7.84. The highest BCUT2D eigenvalue weighted by atomic mass is 14.9. The maximum absolute atomic E-state index is 4.91. The summed E-state index contributed by atoms with van der Waals surface area (Å²) in [4.78, 5) is 9.60. The largest absolute Gasteiger partial charge is 0.313 e. The molecule has 1 aromatic rings. The van der Waals surface area contributed by atoms with Crippen molar-refractivity contribution in [2.45, 2.75) is 63.8 Å². The molecule has 0 spiro atoms. The molecule has 3 rings (SSSR count). The quantitative estimate of drug-likeness (QED) is 0.904. The van der Waals surface area contributed by atoms with Crippen molar-refractivity contribution >= 4 is 0 Å². The number of nitrogens with zero attached hydrogens (tertiary/aromatic N) is 2. The molecule has 3 unspecified atom stereocenters. The zero-order valence-electron chi connectivity index (χ0n) is 12.2. The molecule has 104 valence electrons. The average Bonchev–Trinajstić information content (AvgIpc) is 2.95. The van der Waals surface area contributed by atoms with Crippen LogP contribution in [0.25, 0.3) is 0 Å². The average molecular weight is 259 g/mol. The lowest BCUT2D eigenvalue weighted by Crippen LogP contribution is -2.23. The number of hydrogen-bond acceptors (Lipinski definition) is 3. The maximum atomic E-state index is 4.91. The molecule has 0 radical (unpaired) electrons. The number of nitrogens with one attached hydrogen (secondary N) is 1. The van der Waals surface area contributed by atoms with Crippen molar-refractivity contribution in [1.29, 1.82) is 0 Å². The SMILES string of the molecule is CCC1CCC(c2ncc3c(n2)CCCC3NC)C1. The smallest absolute Gasteiger partial charge is 0.131 e. The van der Waals surface area contributed by atoms with E-state index in [1.165, 1.54) is 49.8 Å². The molecule has 1 N–H and O–H groups in total. The van der Waals surface area contributed by atoms with Gasteiger partial charge in [-0.25, -0.2) is 9.97 Å². The van der Waals surface area contributed by atoms with Crippen LogP contribution in [-0.4, -0.2) is 17.0 Å². The summed E-state index contributed by atoms with van der Waals surface area (Å²) < 4.78 is 0. The summed E-state index contributed by atoms with van der Waals surface area (Å²) in [5, 5.41) is 3.39. The van der Waals surface area contributed by atoms with Crippen LogP contribution in [0.2, 0.25) is 0 Å². The Bertz CT molecular complexity index is 444. The maximum Gasteiger partial charge on any atom is 0.131 e. The zero-order chi connectivity index (χ0) is 13.2. The van der Waals surface area contributed by atoms with E-state index in [1.807, 2.05) is 7.05 Å². The minimum absolute atomic E-state index is 0.463. The second kappa shape index (κ2) is 5.58. The first-order chi connectivity index (χ1) is 9.31. The molecule has 0 saturated heterocycles. The zero-order valence-corrected chi connectivity index (χ0v) is 12.2. The molecule has 1 fully saturated rings. The van der Waals surface area contributed by atoms with E-state index in [0.717, 1.165) is 18.2 Å². The Morgan fingerprint density at radius 3 is 2.95 bits per heavy atom. The minimum atomic E-state index is 0.463. The van der Waals surface area contributed by atoms with Gasteiger partial charge in [-0.15, -0.1) is 0 Å². The number of fused-ring (bicyclic) bond motifs is 1. The molecule has 2 aliphatic rings. The molecule has 0 bridgehead atoms. The van der Waals surface area contributed by atoms with Crippen LogP contribution in [0.3, 0.4) is 0 Å². The Morgan fingerprint density at radius 1 is 1.32 bits per heavy atom. The lowest BCUT2D eigenvalue weighted by Gasteiger charge is -2.24. The summed E-state index contributed by atoms with van der Waals surface area (Å²) in [7, 11) is 2.04. The number of aromatic nitrogens is 2. The van der Waals surface area contributed by atoms with Gasteiger partial charge in [-0.1, -0.05) is 13.3 Å². The van der Waals surface area contributed by atoms with Crippen molar-refractivity contribution < 1.29 is 0 Å². The molecular formula is C16H25N3. The second-order valence-electron chi connectivity index (χ2n) is 6.15. The van der Waals surface area contributed by atoms with Crippen molar-refractivity contribution in [1.82, 2.24) is 15.3 Å². The Hall–Kier alpha value is -0.960. The van der Waals surface area contributed by atoms with Crippen molar-refractivity contribution in [3.8, 4) is 0 Å². The van der Waals surface area contributed by atoms with Gasteiger partial charge in [0.05, 0.1) is 0 Å². The fourth-order valence-electron chi connectivity index (χ4n) is 3.74. The molecule has 19 heavy (non-hydrogen) atoms. The highest BCUT2D eigenvalue weighted by molar-refractivity contribution is 5.25. The monoisotopic (exact) mass is 259 g/mol. The molecule has 1 aromatic heterocycles. The van der Waals surface area contributed by atoms with Crippen LogP contribution in [0, 0.1) is 5.92 Å². The summed E-state index contributed by atoms with van der Waals surface area (Å²) in [6, 6.07) is 0.463. The van der Waals surface area contributed by atoms with E-state index >= 15 is 0 Å². The van der Waals surface area contributed by atoms with Gasteiger partial charge in [0, 0.05) is 29.4 Å². The molecule has 3 heteroatoms. The van der Waals surface area contributed by atoms with Gasteiger partial charge in [0.25, 0.3) is 0 Å². The lowest BCUT2D eigenvalue weighted by atomic mass is 9.92. The summed E-state index contributed by atoms with van der Waals surface area (Å²) in [6.45, 7) is 2.30. The van der Waals surface area contributed by atoms with Crippen molar-refractivity contribution in [2.24, 2.45) is 5.92 Å². The molecular weight excluding hydrogens is 234 g/mol. The Morgan fingerprint density at radius 2 is 2.21 bits per heavy atom. The lowest BCUT2D eigenvalue weighted by molar-refractivity contribution is 0.480. The number of aryl methyl sites for hydroxylation is 1. The molecule has 1 heterocycles. The molecule has 0 aliphatic heterocycles. The normalized spacial score (nSPS) is 30.3. The first-order valence-corrected chi connectivity index (χ1v) is 7.84. The van der Waals surface area contributed by atoms with Gasteiger partial charge in [-0.05, 0) is 51.5 Å². The standard InChI is InChI=1S/C16H25N3/c1-3-11-7-8-12(9-11)16-18-10-13-14(17-2)5-4-6-15(13)19-16/h10-12,14,17H,3-9H2,1-2H3. The predicted octanol–water partition coefficient (Wildman–Crippen LogP) is 3.37. The molecule has 3 atom stereocenters. The summed E-state index contributed by atoms with van der Waals surface area (Å²) in [5.41, 5.74) is 2.64. The van der Waals surface area contributed by atoms with Gasteiger partial charge < -0.3 is 5.32 Å². The molecule has 0 aromatic carbocycles. The van der Waals surface area contributed by atoms with E-state index in [9.17, 15) is 0 Å². The van der Waals surface area contributed by atoms with Gasteiger partial charge in [-0.3, -0.25) is 0 Å². The topological polar surface area (TPSA) is 37.8 Å². The highest BCUT2D eigenvalue weighted by Crippen LogP contribution is 2.39. The minimum Gasteiger partial charge on any atom is -0.313 e. The number of rotatable bonds is 3. The fourth-order valence-corrected chi connectivity index (χ4v) is 3.74. The van der Waals surface area contributed by atoms with Crippen molar-refractivity contribution in [2.75, 3.05) is 7.05 Å². The Balaban J connectivity index is 1.81. The predicted molar refractivity (Wildman–Crippen MR) is 77.1 cm³/mol. The van der Waals surface area contributed by atoms with Gasteiger partial charge in [0.2, 0.25) is 0 Å². The van der Waals surface area contributed by atoms with Crippen molar-refractivity contribution in [3.63, 3.8) is 0 Å². The van der Waals surface area contributed by atoms with Crippen LogP contribution < -0.4 is 5.32 Å². The summed E-state index contributed by atoms with van der Waals surface area (Å²) >= 11 is 0. The van der Waals surface area contributed by atoms with Crippen LogP contribution >= 0.6 is 0 Å². The van der Waals surface area contributed by atoms with Gasteiger partial charge in [0.1, 0.15) is 5.82 Å². The van der Waals surface area contributed by atoms with Crippen LogP contribution in [0.4, 0.5) is 0 Å². The van der Waals surface area contributed by atoms with Gasteiger partial charge in [-0.2, -0.15) is 0 Å². The van der Waals surface area contributed by atoms with Crippen LogP contribution in [0.15, 0.2) is 6.20 Å².